The van der Waals surface area contributed by atoms with E-state index in [2.05, 4.69) is 0 Å². The zero-order valence-corrected chi connectivity index (χ0v) is 14.6. The van der Waals surface area contributed by atoms with Crippen LogP contribution in [0, 0.1) is 11.8 Å². The van der Waals surface area contributed by atoms with Crippen LogP contribution in [-0.4, -0.2) is 35.0 Å². The number of benzene rings is 2. The number of fused-ring (bicyclic) bond motifs is 3. The van der Waals surface area contributed by atoms with Gasteiger partial charge in [0.05, 0.1) is 11.7 Å². The zero-order chi connectivity index (χ0) is 18.9. The molecule has 2 heterocycles. The Balaban J connectivity index is 1.67. The summed E-state index contributed by atoms with van der Waals surface area (Å²) in [7, 11) is 0. The maximum atomic E-state index is 13.3. The number of ketones is 2. The molecular formula is C21H17N2O4+. The summed E-state index contributed by atoms with van der Waals surface area (Å²) >= 11 is 0. The Morgan fingerprint density at radius 2 is 1.37 bits per heavy atom. The van der Waals surface area contributed by atoms with Crippen molar-refractivity contribution in [1.82, 2.24) is 0 Å². The molecule has 2 fully saturated rings. The van der Waals surface area contributed by atoms with E-state index >= 15 is 0 Å². The number of nitrogens with zero attached hydrogens (tertiary/aromatic N) is 1. The van der Waals surface area contributed by atoms with Crippen molar-refractivity contribution in [3.05, 3.63) is 65.7 Å². The highest BCUT2D eigenvalue weighted by atomic mass is 16.2. The summed E-state index contributed by atoms with van der Waals surface area (Å²) in [5, 5.41) is 1.64. The molecule has 2 saturated heterocycles. The molecule has 134 valence electrons. The van der Waals surface area contributed by atoms with Gasteiger partial charge in [-0.3, -0.25) is 19.2 Å². The molecule has 2 N–H and O–H groups in total. The molecule has 0 aromatic heterocycles. The molecule has 2 aliphatic heterocycles. The Bertz CT molecular complexity index is 994. The van der Waals surface area contributed by atoms with E-state index in [4.69, 9.17) is 0 Å². The van der Waals surface area contributed by atoms with Gasteiger partial charge in [0.1, 0.15) is 11.8 Å². The van der Waals surface area contributed by atoms with Crippen molar-refractivity contribution in [2.24, 2.45) is 11.8 Å². The summed E-state index contributed by atoms with van der Waals surface area (Å²) < 4.78 is 0. The zero-order valence-electron chi connectivity index (χ0n) is 14.6. The van der Waals surface area contributed by atoms with Crippen molar-refractivity contribution >= 4 is 29.1 Å². The molecule has 0 saturated carbocycles. The van der Waals surface area contributed by atoms with Gasteiger partial charge >= 0.3 is 0 Å². The Morgan fingerprint density at radius 1 is 0.815 bits per heavy atom. The SMILES string of the molecule is C[C@H]1[NH2+]C2(C(=O)c3ccccc3C2=O)[C@@H]2C(=O)N(c3ccccc3)C(=O)[C@@H]21. The standard InChI is InChI=1S/C21H16N2O4/c1-11-15-16(20(27)23(19(15)26)12-7-3-2-4-8-12)21(22-11)17(24)13-9-5-6-10-14(13)18(21)25/h2-11,15-16,22H,1H3/p+1/t11-,15-,16+/m1/s1. The van der Waals surface area contributed by atoms with Gasteiger partial charge in [0.15, 0.2) is 0 Å². The smallest absolute Gasteiger partial charge is 0.245 e. The fraction of sp³-hybridized carbons (Fsp3) is 0.238. The first kappa shape index (κ1) is 16.1. The van der Waals surface area contributed by atoms with E-state index in [0.717, 1.165) is 4.90 Å². The molecule has 2 aromatic carbocycles. The molecule has 0 unspecified atom stereocenters. The van der Waals surface area contributed by atoms with Gasteiger partial charge in [-0.2, -0.15) is 0 Å². The van der Waals surface area contributed by atoms with E-state index in [-0.39, 0.29) is 23.5 Å². The first-order valence-electron chi connectivity index (χ1n) is 8.96. The van der Waals surface area contributed by atoms with Crippen molar-refractivity contribution in [3.63, 3.8) is 0 Å². The number of carbonyl (C=O) groups is 4. The number of anilines is 1. The Morgan fingerprint density at radius 3 is 1.96 bits per heavy atom. The molecule has 3 atom stereocenters. The highest BCUT2D eigenvalue weighted by Gasteiger charge is 2.76. The van der Waals surface area contributed by atoms with Crippen LogP contribution in [0.25, 0.3) is 0 Å². The van der Waals surface area contributed by atoms with Gasteiger partial charge in [-0.1, -0.05) is 42.5 Å². The minimum Gasteiger partial charge on any atom is -0.325 e. The second-order valence-corrected chi connectivity index (χ2v) is 7.45. The van der Waals surface area contributed by atoms with Gasteiger partial charge in [-0.05, 0) is 19.1 Å². The largest absolute Gasteiger partial charge is 0.325 e. The third-order valence-electron chi connectivity index (χ3n) is 6.12. The normalized spacial score (nSPS) is 28.2. The number of para-hydroxylation sites is 1. The predicted molar refractivity (Wildman–Crippen MR) is 95.1 cm³/mol. The molecule has 1 aliphatic carbocycles. The number of hydrogen-bond donors (Lipinski definition) is 1. The molecule has 2 amide bonds. The fourth-order valence-electron chi connectivity index (χ4n) is 5.01. The van der Waals surface area contributed by atoms with Crippen LogP contribution in [0.15, 0.2) is 54.6 Å². The lowest BCUT2D eigenvalue weighted by Gasteiger charge is -2.24. The van der Waals surface area contributed by atoms with E-state index in [9.17, 15) is 19.2 Å². The van der Waals surface area contributed by atoms with Crippen molar-refractivity contribution in [3.8, 4) is 0 Å². The predicted octanol–water partition coefficient (Wildman–Crippen LogP) is 0.576. The van der Waals surface area contributed by atoms with Crippen molar-refractivity contribution in [1.29, 1.82) is 0 Å². The van der Waals surface area contributed by atoms with Crippen molar-refractivity contribution in [2.45, 2.75) is 18.5 Å². The van der Waals surface area contributed by atoms with Gasteiger partial charge in [-0.15, -0.1) is 0 Å². The van der Waals surface area contributed by atoms with Gasteiger partial charge in [0.25, 0.3) is 0 Å². The first-order valence-corrected chi connectivity index (χ1v) is 8.96. The molecule has 5 rings (SSSR count). The lowest BCUT2D eigenvalue weighted by atomic mass is 9.77. The molecule has 0 radical (unpaired) electrons. The number of imide groups is 1. The Kier molecular flexibility index (Phi) is 3.10. The van der Waals surface area contributed by atoms with Crippen LogP contribution in [0.4, 0.5) is 5.69 Å². The summed E-state index contributed by atoms with van der Waals surface area (Å²) in [5.41, 5.74) is -0.418. The number of amides is 2. The van der Waals surface area contributed by atoms with Crippen LogP contribution in [0.2, 0.25) is 0 Å². The van der Waals surface area contributed by atoms with Crippen LogP contribution in [-0.2, 0) is 9.59 Å². The molecule has 2 aromatic rings. The second-order valence-electron chi connectivity index (χ2n) is 7.45. The number of rotatable bonds is 1. The Labute approximate surface area is 155 Å². The summed E-state index contributed by atoms with van der Waals surface area (Å²) in [6.07, 6.45) is 0. The lowest BCUT2D eigenvalue weighted by molar-refractivity contribution is -0.707. The van der Waals surface area contributed by atoms with Crippen LogP contribution in [0.5, 0.6) is 0 Å². The highest BCUT2D eigenvalue weighted by molar-refractivity contribution is 6.36. The fourth-order valence-corrected chi connectivity index (χ4v) is 5.01. The third kappa shape index (κ3) is 1.78. The van der Waals surface area contributed by atoms with E-state index < -0.39 is 23.3 Å². The van der Waals surface area contributed by atoms with E-state index in [1.807, 2.05) is 0 Å². The maximum absolute atomic E-state index is 13.3. The molecule has 6 nitrogen and oxygen atoms in total. The number of hydrogen-bond acceptors (Lipinski definition) is 4. The molecule has 6 heteroatoms. The van der Waals surface area contributed by atoms with E-state index in [1.165, 1.54) is 0 Å². The molecule has 3 aliphatic rings. The number of carbonyl (C=O) groups excluding carboxylic acids is 4. The third-order valence-corrected chi connectivity index (χ3v) is 6.12. The summed E-state index contributed by atoms with van der Waals surface area (Å²) in [5.74, 6) is -3.20. The summed E-state index contributed by atoms with van der Waals surface area (Å²) in [6.45, 7) is 1.80. The van der Waals surface area contributed by atoms with Crippen LogP contribution in [0.1, 0.15) is 27.6 Å². The molecular weight excluding hydrogens is 344 g/mol. The number of nitrogens with two attached hydrogens (primary N) is 1. The van der Waals surface area contributed by atoms with Crippen molar-refractivity contribution < 1.29 is 24.5 Å². The quantitative estimate of drug-likeness (QED) is 0.594. The molecule has 27 heavy (non-hydrogen) atoms. The minimum absolute atomic E-state index is 0.338. The number of Topliss-reactive ketones (excluding diaryl/α,β-unsaturated/α-hetero) is 2. The van der Waals surface area contributed by atoms with E-state index in [0.29, 0.717) is 16.8 Å². The second kappa shape index (κ2) is 5.20. The van der Waals surface area contributed by atoms with Crippen molar-refractivity contribution in [2.75, 3.05) is 4.90 Å². The highest BCUT2D eigenvalue weighted by Crippen LogP contribution is 2.45. The number of quaternary nitrogens is 1. The average Bonchev–Trinajstić information content (AvgIpc) is 3.22. The van der Waals surface area contributed by atoms with Crippen LogP contribution < -0.4 is 10.2 Å². The minimum atomic E-state index is -1.57. The lowest BCUT2D eigenvalue weighted by Crippen LogP contribution is -3.01. The van der Waals surface area contributed by atoms with E-state index in [1.54, 1.807) is 66.8 Å². The molecule has 1 spiro atoms. The first-order chi connectivity index (χ1) is 13.0. The van der Waals surface area contributed by atoms with Crippen LogP contribution in [0.3, 0.4) is 0 Å². The Hall–Kier alpha value is -3.12. The monoisotopic (exact) mass is 361 g/mol. The van der Waals surface area contributed by atoms with Gasteiger partial charge < -0.3 is 5.32 Å². The van der Waals surface area contributed by atoms with Crippen LogP contribution >= 0.6 is 0 Å². The molecule has 0 bridgehead atoms. The van der Waals surface area contributed by atoms with Gasteiger partial charge in [0.2, 0.25) is 28.9 Å². The average molecular weight is 361 g/mol. The maximum Gasteiger partial charge on any atom is 0.245 e. The summed E-state index contributed by atoms with van der Waals surface area (Å²) in [6, 6.07) is 15.0. The topological polar surface area (TPSA) is 88.1 Å². The summed E-state index contributed by atoms with van der Waals surface area (Å²) in [4.78, 5) is 54.1. The van der Waals surface area contributed by atoms with Gasteiger partial charge in [-0.25, -0.2) is 4.90 Å². The van der Waals surface area contributed by atoms with Gasteiger partial charge in [0, 0.05) is 11.1 Å².